The maximum absolute atomic E-state index is 11.3. The van der Waals surface area contributed by atoms with Gasteiger partial charge in [0.15, 0.2) is 0 Å². The minimum Gasteiger partial charge on any atom is -0.438 e. The summed E-state index contributed by atoms with van der Waals surface area (Å²) < 4.78 is 0. The molecule has 0 aliphatic carbocycles. The number of amides is 1. The second-order valence-corrected chi connectivity index (χ2v) is 3.89. The standard InChI is InChI=1S/C15H18N2O.V.Yb/c1-5-12(3)13-9-7-8-10-14(13)16-11-17(4)15(18)6-2;;/h5-10H,1-4H3;;/q-2;;. The van der Waals surface area contributed by atoms with Crippen molar-refractivity contribution in [2.24, 2.45) is 4.99 Å². The molecule has 0 aliphatic heterocycles. The molecular weight excluding hydrogens is 448 g/mol. The average Bonchev–Trinajstić information content (AvgIpc) is 2.43. The molecule has 0 N–H and O–H groups in total. The van der Waals surface area contributed by atoms with Crippen molar-refractivity contribution < 1.29 is 70.3 Å². The van der Waals surface area contributed by atoms with Crippen molar-refractivity contribution in [2.45, 2.75) is 20.8 Å². The zero-order chi connectivity index (χ0) is 13.5. The molecule has 5 heteroatoms. The van der Waals surface area contributed by atoms with Crippen LogP contribution in [-0.4, -0.2) is 24.2 Å². The number of hydrogen-bond acceptors (Lipinski definition) is 2. The van der Waals surface area contributed by atoms with E-state index in [0.29, 0.717) is 0 Å². The van der Waals surface area contributed by atoms with E-state index in [1.807, 2.05) is 44.2 Å². The molecule has 1 radical (unpaired) electrons. The summed E-state index contributed by atoms with van der Waals surface area (Å²) >= 11 is 0. The number of hydrogen-bond donors (Lipinski definition) is 0. The molecule has 0 atom stereocenters. The van der Waals surface area contributed by atoms with Crippen LogP contribution in [0.25, 0.3) is 5.57 Å². The summed E-state index contributed by atoms with van der Waals surface area (Å²) in [6.45, 7) is 5.71. The van der Waals surface area contributed by atoms with Gasteiger partial charge in [0.25, 0.3) is 0 Å². The Morgan fingerprint density at radius 1 is 1.40 bits per heavy atom. The fourth-order valence-corrected chi connectivity index (χ4v) is 1.43. The molecule has 1 aromatic rings. The van der Waals surface area contributed by atoms with Crippen LogP contribution in [0.3, 0.4) is 0 Å². The van der Waals surface area contributed by atoms with Crippen molar-refractivity contribution in [1.29, 1.82) is 0 Å². The molecule has 1 rings (SSSR count). The van der Waals surface area contributed by atoms with Crippen molar-refractivity contribution >= 4 is 23.5 Å². The van der Waals surface area contributed by atoms with Gasteiger partial charge in [-0.1, -0.05) is 41.5 Å². The van der Waals surface area contributed by atoms with Crippen molar-refractivity contribution in [2.75, 3.05) is 7.05 Å². The van der Waals surface area contributed by atoms with Crippen LogP contribution in [0, 0.1) is 53.3 Å². The second-order valence-electron chi connectivity index (χ2n) is 3.89. The monoisotopic (exact) mass is 467 g/mol. The molecule has 0 fully saturated rings. The zero-order valence-electron chi connectivity index (χ0n) is 12.0. The van der Waals surface area contributed by atoms with Crippen LogP contribution in [0.15, 0.2) is 35.3 Å². The summed E-state index contributed by atoms with van der Waals surface area (Å²) in [5, 5.41) is 0. The predicted molar refractivity (Wildman–Crippen MR) is 75.6 cm³/mol. The number of allylic oxidation sites excluding steroid dienone is 2. The molecule has 3 nitrogen and oxygen atoms in total. The van der Waals surface area contributed by atoms with Crippen molar-refractivity contribution in [3.05, 3.63) is 42.3 Å². The average molecular weight is 466 g/mol. The van der Waals surface area contributed by atoms with Crippen LogP contribution in [0.1, 0.15) is 26.3 Å². The van der Waals surface area contributed by atoms with Gasteiger partial charge in [0, 0.05) is 71.8 Å². The Kier molecular flexibility index (Phi) is 13.1. The predicted octanol–water partition coefficient (Wildman–Crippen LogP) is 3.33. The topological polar surface area (TPSA) is 32.7 Å². The number of nitrogens with zero attached hydrogens (tertiary/aromatic N) is 2. The smallest absolute Gasteiger partial charge is 0.00336 e. The van der Waals surface area contributed by atoms with Crippen LogP contribution in [0.5, 0.6) is 0 Å². The summed E-state index contributed by atoms with van der Waals surface area (Å²) in [5.74, 6) is -0.126. The number of rotatable bonds is 4. The molecule has 0 unspecified atom stereocenters. The molecule has 0 heterocycles. The Labute approximate surface area is 172 Å². The van der Waals surface area contributed by atoms with Gasteiger partial charge >= 0.3 is 0 Å². The van der Waals surface area contributed by atoms with Crippen molar-refractivity contribution in [3.63, 3.8) is 0 Å². The van der Waals surface area contributed by atoms with Crippen LogP contribution in [0.4, 0.5) is 5.69 Å². The summed E-state index contributed by atoms with van der Waals surface area (Å²) in [6, 6.07) is 7.80. The first kappa shape index (κ1) is 22.4. The van der Waals surface area contributed by atoms with Crippen LogP contribution >= 0.6 is 0 Å². The number of carbonyl (C=O) groups excluding carboxylic acids is 1. The molecule has 1 aromatic carbocycles. The number of para-hydroxylation sites is 1. The Morgan fingerprint density at radius 3 is 2.55 bits per heavy atom. The van der Waals surface area contributed by atoms with E-state index in [9.17, 15) is 4.79 Å². The normalized spacial score (nSPS) is 10.5. The number of aliphatic imine (C=N–C) groups is 1. The van der Waals surface area contributed by atoms with Gasteiger partial charge in [-0.2, -0.15) is 6.92 Å². The maximum Gasteiger partial charge on any atom is 0.00336 e. The molecule has 20 heavy (non-hydrogen) atoms. The molecule has 0 spiro atoms. The van der Waals surface area contributed by atoms with Crippen LogP contribution < -0.4 is 0 Å². The summed E-state index contributed by atoms with van der Waals surface area (Å²) in [4.78, 5) is 16.9. The number of benzene rings is 1. The molecule has 0 aliphatic rings. The molecule has 0 bridgehead atoms. The van der Waals surface area contributed by atoms with E-state index in [1.54, 1.807) is 14.0 Å². The van der Waals surface area contributed by atoms with Crippen molar-refractivity contribution in [1.82, 2.24) is 4.90 Å². The largest absolute Gasteiger partial charge is 0.438 e. The summed E-state index contributed by atoms with van der Waals surface area (Å²) in [6.07, 6.45) is 6.23. The fourth-order valence-electron chi connectivity index (χ4n) is 1.43. The third-order valence-corrected chi connectivity index (χ3v) is 2.66. The SMILES string of the molecule is CC=C(C)c1ccccc1N=[C-]N(C)C(=O)[CH-]C.[V].[Yb]. The molecule has 115 valence electrons. The Balaban J connectivity index is 0. The second kappa shape index (κ2) is 11.7. The summed E-state index contributed by atoms with van der Waals surface area (Å²) in [7, 11) is 1.64. The third-order valence-electron chi connectivity index (χ3n) is 2.66. The Hall–Kier alpha value is 0.0739. The van der Waals surface area contributed by atoms with Gasteiger partial charge in [-0.25, -0.2) is 0 Å². The van der Waals surface area contributed by atoms with Gasteiger partial charge in [0.1, 0.15) is 0 Å². The van der Waals surface area contributed by atoms with E-state index in [-0.39, 0.29) is 71.4 Å². The fraction of sp³-hybridized carbons (Fsp3) is 0.267. The van der Waals surface area contributed by atoms with Gasteiger partial charge in [-0.3, -0.25) is 0 Å². The van der Waals surface area contributed by atoms with Gasteiger partial charge in [0.2, 0.25) is 0 Å². The van der Waals surface area contributed by atoms with Crippen LogP contribution in [-0.2, 0) is 23.4 Å². The minimum atomic E-state index is -0.126. The first-order valence-corrected chi connectivity index (χ1v) is 5.86. The zero-order valence-corrected chi connectivity index (χ0v) is 15.1. The van der Waals surface area contributed by atoms with E-state index in [4.69, 9.17) is 0 Å². The van der Waals surface area contributed by atoms with E-state index in [2.05, 4.69) is 11.3 Å². The Morgan fingerprint density at radius 2 is 2.00 bits per heavy atom. The van der Waals surface area contributed by atoms with E-state index < -0.39 is 0 Å². The van der Waals surface area contributed by atoms with Crippen molar-refractivity contribution in [3.8, 4) is 0 Å². The molecule has 0 aromatic heterocycles. The molecule has 0 saturated carbocycles. The molecule has 0 saturated heterocycles. The third kappa shape index (κ3) is 6.69. The molecule has 1 amide bonds. The number of carbonyl (C=O) groups is 1. The van der Waals surface area contributed by atoms with Gasteiger partial charge in [0.05, 0.1) is 0 Å². The van der Waals surface area contributed by atoms with E-state index in [0.717, 1.165) is 16.8 Å². The van der Waals surface area contributed by atoms with Gasteiger partial charge in [-0.05, 0) is 32.5 Å². The summed E-state index contributed by atoms with van der Waals surface area (Å²) in [5.41, 5.74) is 3.00. The Bertz CT molecular complexity index is 487. The molecular formula is C15H18N2OVYb-2. The minimum absolute atomic E-state index is 0. The van der Waals surface area contributed by atoms with Crippen LogP contribution in [0.2, 0.25) is 0 Å². The maximum atomic E-state index is 11.3. The van der Waals surface area contributed by atoms with Gasteiger partial charge < -0.3 is 21.1 Å². The first-order chi connectivity index (χ1) is 8.60. The quantitative estimate of drug-likeness (QED) is 0.290. The van der Waals surface area contributed by atoms with Gasteiger partial charge in [-0.15, -0.1) is 0 Å². The van der Waals surface area contributed by atoms with E-state index >= 15 is 0 Å². The van der Waals surface area contributed by atoms with E-state index in [1.165, 1.54) is 11.3 Å². The first-order valence-electron chi connectivity index (χ1n) is 5.86.